The normalized spacial score (nSPS) is 10.2. The lowest BCUT2D eigenvalue weighted by Crippen LogP contribution is -2.07. The van der Waals surface area contributed by atoms with E-state index >= 15 is 0 Å². The number of ketones is 1. The van der Waals surface area contributed by atoms with Gasteiger partial charge in [-0.3, -0.25) is 4.79 Å². The molecule has 0 bridgehead atoms. The van der Waals surface area contributed by atoms with Crippen molar-refractivity contribution in [1.82, 2.24) is 0 Å². The smallest absolute Gasteiger partial charge is 0.166 e. The second-order valence-electron chi connectivity index (χ2n) is 4.35. The number of carbonyl (C=O) groups excluding carboxylic acids is 1. The van der Waals surface area contributed by atoms with E-state index in [1.807, 2.05) is 54.6 Å². The average molecular weight is 254 g/mol. The van der Waals surface area contributed by atoms with Crippen LogP contribution in [0.5, 0.6) is 5.75 Å². The second kappa shape index (κ2) is 6.74. The molecule has 2 rings (SSSR count). The topological polar surface area (TPSA) is 26.3 Å². The Bertz CT molecular complexity index is 532. The maximum absolute atomic E-state index is 11.9. The standard InChI is InChI=1S/C17H18O2/c1-2-14-8-6-7-11-17(14)19-13-12-16(18)15-9-4-3-5-10-15/h3-11H,2,12-13H2,1H3. The summed E-state index contributed by atoms with van der Waals surface area (Å²) in [5, 5.41) is 0. The minimum absolute atomic E-state index is 0.120. The number of ether oxygens (including phenoxy) is 1. The molecule has 0 unspecified atom stereocenters. The van der Waals surface area contributed by atoms with Gasteiger partial charge in [-0.2, -0.15) is 0 Å². The second-order valence-corrected chi connectivity index (χ2v) is 4.35. The third-order valence-electron chi connectivity index (χ3n) is 3.04. The van der Waals surface area contributed by atoms with Crippen molar-refractivity contribution >= 4 is 5.78 Å². The zero-order valence-electron chi connectivity index (χ0n) is 11.1. The van der Waals surface area contributed by atoms with Gasteiger partial charge >= 0.3 is 0 Å². The van der Waals surface area contributed by atoms with Crippen LogP contribution in [0.4, 0.5) is 0 Å². The number of benzene rings is 2. The van der Waals surface area contributed by atoms with E-state index in [4.69, 9.17) is 4.74 Å². The Labute approximate surface area is 114 Å². The number of carbonyl (C=O) groups is 1. The molecule has 0 atom stereocenters. The molecule has 2 aromatic carbocycles. The molecule has 19 heavy (non-hydrogen) atoms. The van der Waals surface area contributed by atoms with Gasteiger partial charge < -0.3 is 4.74 Å². The van der Waals surface area contributed by atoms with Gasteiger partial charge in [0.1, 0.15) is 5.75 Å². The van der Waals surface area contributed by atoms with Gasteiger partial charge in [0.2, 0.25) is 0 Å². The van der Waals surface area contributed by atoms with Crippen LogP contribution in [-0.4, -0.2) is 12.4 Å². The fourth-order valence-corrected chi connectivity index (χ4v) is 1.96. The molecule has 98 valence electrons. The summed E-state index contributed by atoms with van der Waals surface area (Å²) < 4.78 is 5.70. The fraction of sp³-hybridized carbons (Fsp3) is 0.235. The summed E-state index contributed by atoms with van der Waals surface area (Å²) in [7, 11) is 0. The number of hydrogen-bond acceptors (Lipinski definition) is 2. The largest absolute Gasteiger partial charge is 0.493 e. The molecule has 2 nitrogen and oxygen atoms in total. The minimum atomic E-state index is 0.120. The van der Waals surface area contributed by atoms with E-state index in [1.165, 1.54) is 5.56 Å². The van der Waals surface area contributed by atoms with E-state index in [0.29, 0.717) is 13.0 Å². The molecule has 0 spiro atoms. The van der Waals surface area contributed by atoms with Crippen LogP contribution in [0.3, 0.4) is 0 Å². The average Bonchev–Trinajstić information content (AvgIpc) is 2.48. The van der Waals surface area contributed by atoms with E-state index < -0.39 is 0 Å². The van der Waals surface area contributed by atoms with E-state index in [-0.39, 0.29) is 5.78 Å². The van der Waals surface area contributed by atoms with Crippen LogP contribution in [0.15, 0.2) is 54.6 Å². The molecule has 0 aliphatic heterocycles. The molecular formula is C17H18O2. The highest BCUT2D eigenvalue weighted by Gasteiger charge is 2.06. The first-order chi connectivity index (χ1) is 9.31. The lowest BCUT2D eigenvalue weighted by Gasteiger charge is -2.09. The summed E-state index contributed by atoms with van der Waals surface area (Å²) in [5.41, 5.74) is 1.92. The molecule has 0 N–H and O–H groups in total. The third-order valence-corrected chi connectivity index (χ3v) is 3.04. The first-order valence-corrected chi connectivity index (χ1v) is 6.60. The van der Waals surface area contributed by atoms with Gasteiger partial charge in [-0.15, -0.1) is 0 Å². The van der Waals surface area contributed by atoms with Gasteiger partial charge in [-0.1, -0.05) is 55.5 Å². The summed E-state index contributed by atoms with van der Waals surface area (Å²) in [6, 6.07) is 17.3. The summed E-state index contributed by atoms with van der Waals surface area (Å²) in [6.07, 6.45) is 1.34. The Hall–Kier alpha value is -2.09. The van der Waals surface area contributed by atoms with Gasteiger partial charge in [0.25, 0.3) is 0 Å². The first kappa shape index (κ1) is 13.3. The summed E-state index contributed by atoms with van der Waals surface area (Å²) >= 11 is 0. The zero-order chi connectivity index (χ0) is 13.5. The van der Waals surface area contributed by atoms with Crippen LogP contribution in [0.25, 0.3) is 0 Å². The number of para-hydroxylation sites is 1. The van der Waals surface area contributed by atoms with Crippen LogP contribution in [0.2, 0.25) is 0 Å². The molecule has 0 saturated carbocycles. The van der Waals surface area contributed by atoms with E-state index in [1.54, 1.807) is 0 Å². The zero-order valence-corrected chi connectivity index (χ0v) is 11.1. The van der Waals surface area contributed by atoms with Crippen molar-refractivity contribution in [3.63, 3.8) is 0 Å². The monoisotopic (exact) mass is 254 g/mol. The first-order valence-electron chi connectivity index (χ1n) is 6.60. The lowest BCUT2D eigenvalue weighted by atomic mass is 10.1. The molecule has 0 amide bonds. The van der Waals surface area contributed by atoms with Crippen molar-refractivity contribution in [3.8, 4) is 5.75 Å². The summed E-state index contributed by atoms with van der Waals surface area (Å²) in [4.78, 5) is 11.9. The predicted octanol–water partition coefficient (Wildman–Crippen LogP) is 3.90. The molecule has 0 radical (unpaired) electrons. The number of hydrogen-bond donors (Lipinski definition) is 0. The highest BCUT2D eigenvalue weighted by Crippen LogP contribution is 2.18. The van der Waals surface area contributed by atoms with Gasteiger partial charge in [-0.05, 0) is 18.1 Å². The van der Waals surface area contributed by atoms with Crippen molar-refractivity contribution in [1.29, 1.82) is 0 Å². The Morgan fingerprint density at radius 2 is 1.68 bits per heavy atom. The third kappa shape index (κ3) is 3.68. The molecular weight excluding hydrogens is 236 g/mol. The van der Waals surface area contributed by atoms with Crippen molar-refractivity contribution in [3.05, 3.63) is 65.7 Å². The molecule has 0 fully saturated rings. The highest BCUT2D eigenvalue weighted by molar-refractivity contribution is 5.96. The molecule has 2 heteroatoms. The van der Waals surface area contributed by atoms with E-state index in [9.17, 15) is 4.79 Å². The van der Waals surface area contributed by atoms with E-state index in [2.05, 4.69) is 6.92 Å². The van der Waals surface area contributed by atoms with Crippen LogP contribution >= 0.6 is 0 Å². The number of aryl methyl sites for hydroxylation is 1. The maximum atomic E-state index is 11.9. The highest BCUT2D eigenvalue weighted by atomic mass is 16.5. The molecule has 0 heterocycles. The Morgan fingerprint density at radius 1 is 1.00 bits per heavy atom. The molecule has 0 aromatic heterocycles. The van der Waals surface area contributed by atoms with Crippen LogP contribution < -0.4 is 4.74 Å². The number of rotatable bonds is 6. The fourth-order valence-electron chi connectivity index (χ4n) is 1.96. The van der Waals surface area contributed by atoms with Gasteiger partial charge in [0, 0.05) is 12.0 Å². The predicted molar refractivity (Wildman–Crippen MR) is 76.7 cm³/mol. The van der Waals surface area contributed by atoms with Crippen LogP contribution in [-0.2, 0) is 6.42 Å². The Morgan fingerprint density at radius 3 is 2.42 bits per heavy atom. The van der Waals surface area contributed by atoms with Gasteiger partial charge in [-0.25, -0.2) is 0 Å². The molecule has 0 saturated heterocycles. The maximum Gasteiger partial charge on any atom is 0.166 e. The van der Waals surface area contributed by atoms with Crippen LogP contribution in [0, 0.1) is 0 Å². The van der Waals surface area contributed by atoms with Crippen LogP contribution in [0.1, 0.15) is 29.3 Å². The van der Waals surface area contributed by atoms with Gasteiger partial charge in [0.05, 0.1) is 6.61 Å². The van der Waals surface area contributed by atoms with Crippen molar-refractivity contribution < 1.29 is 9.53 Å². The molecule has 0 aliphatic rings. The number of Topliss-reactive ketones (excluding diaryl/α,β-unsaturated/α-hetero) is 1. The summed E-state index contributed by atoms with van der Waals surface area (Å²) in [6.45, 7) is 2.52. The summed E-state index contributed by atoms with van der Waals surface area (Å²) in [5.74, 6) is 1.00. The van der Waals surface area contributed by atoms with Gasteiger partial charge in [0.15, 0.2) is 5.78 Å². The van der Waals surface area contributed by atoms with Crippen molar-refractivity contribution in [2.24, 2.45) is 0 Å². The van der Waals surface area contributed by atoms with Crippen molar-refractivity contribution in [2.45, 2.75) is 19.8 Å². The van der Waals surface area contributed by atoms with E-state index in [0.717, 1.165) is 17.7 Å². The minimum Gasteiger partial charge on any atom is -0.493 e. The SMILES string of the molecule is CCc1ccccc1OCCC(=O)c1ccccc1. The molecule has 0 aliphatic carbocycles. The quantitative estimate of drug-likeness (QED) is 0.731. The molecule has 2 aromatic rings. The Kier molecular flexibility index (Phi) is 4.73. The Balaban J connectivity index is 1.88. The lowest BCUT2D eigenvalue weighted by molar-refractivity contribution is 0.0962. The van der Waals surface area contributed by atoms with Crippen molar-refractivity contribution in [2.75, 3.05) is 6.61 Å².